The molecular weight excluding hydrogens is 238 g/mol. The van der Waals surface area contributed by atoms with E-state index in [1.807, 2.05) is 20.8 Å². The number of sulfonamides is 1. The number of hydrogen-bond acceptors (Lipinski definition) is 4. The summed E-state index contributed by atoms with van der Waals surface area (Å²) >= 11 is 0. The molecule has 1 rings (SSSR count). The van der Waals surface area contributed by atoms with Crippen molar-refractivity contribution in [3.63, 3.8) is 0 Å². The minimum atomic E-state index is -3.53. The van der Waals surface area contributed by atoms with Crippen LogP contribution in [-0.2, 0) is 10.0 Å². The number of aromatic nitrogens is 1. The minimum absolute atomic E-state index is 0.0815. The van der Waals surface area contributed by atoms with Gasteiger partial charge in [-0.3, -0.25) is 0 Å². The molecule has 1 N–H and O–H groups in total. The zero-order chi connectivity index (χ0) is 13.1. The Morgan fingerprint density at radius 3 is 2.65 bits per heavy atom. The molecule has 1 aromatic rings. The predicted octanol–water partition coefficient (Wildman–Crippen LogP) is 1.54. The zero-order valence-electron chi connectivity index (χ0n) is 10.6. The van der Waals surface area contributed by atoms with Gasteiger partial charge >= 0.3 is 0 Å². The maximum Gasteiger partial charge on any atom is 0.262 e. The molecule has 96 valence electrons. The van der Waals surface area contributed by atoms with E-state index >= 15 is 0 Å². The molecule has 0 fully saturated rings. The van der Waals surface area contributed by atoms with Crippen LogP contribution in [0.5, 0.6) is 0 Å². The molecule has 5 nitrogen and oxygen atoms in total. The van der Waals surface area contributed by atoms with Crippen LogP contribution in [0.3, 0.4) is 0 Å². The van der Waals surface area contributed by atoms with Gasteiger partial charge < -0.3 is 5.32 Å². The van der Waals surface area contributed by atoms with E-state index in [0.29, 0.717) is 12.2 Å². The summed E-state index contributed by atoms with van der Waals surface area (Å²) in [5, 5.41) is 3.09. The van der Waals surface area contributed by atoms with E-state index < -0.39 is 10.0 Å². The molecule has 0 radical (unpaired) electrons. The highest BCUT2D eigenvalue weighted by molar-refractivity contribution is 7.89. The Hall–Kier alpha value is -1.14. The lowest BCUT2D eigenvalue weighted by Gasteiger charge is -2.21. The highest BCUT2D eigenvalue weighted by Gasteiger charge is 2.26. The fourth-order valence-electron chi connectivity index (χ4n) is 1.34. The highest BCUT2D eigenvalue weighted by atomic mass is 32.2. The summed E-state index contributed by atoms with van der Waals surface area (Å²) in [6.07, 6.45) is 1.49. The normalized spacial score (nSPS) is 12.1. The van der Waals surface area contributed by atoms with E-state index in [-0.39, 0.29) is 11.1 Å². The van der Waals surface area contributed by atoms with Crippen LogP contribution in [0.2, 0.25) is 0 Å². The van der Waals surface area contributed by atoms with Crippen molar-refractivity contribution in [1.82, 2.24) is 9.29 Å². The molecule has 0 aliphatic carbocycles. The van der Waals surface area contributed by atoms with Crippen molar-refractivity contribution < 1.29 is 8.42 Å². The lowest BCUT2D eigenvalue weighted by molar-refractivity contribution is 0.409. The van der Waals surface area contributed by atoms with E-state index in [2.05, 4.69) is 10.3 Å². The summed E-state index contributed by atoms with van der Waals surface area (Å²) in [4.78, 5) is 3.98. The monoisotopic (exact) mass is 257 g/mol. The third-order valence-electron chi connectivity index (χ3n) is 2.49. The summed E-state index contributed by atoms with van der Waals surface area (Å²) in [5.74, 6) is 0. The molecule has 0 unspecified atom stereocenters. The first-order valence-corrected chi connectivity index (χ1v) is 7.02. The highest BCUT2D eigenvalue weighted by Crippen LogP contribution is 2.22. The van der Waals surface area contributed by atoms with Crippen LogP contribution in [0.25, 0.3) is 0 Å². The number of hydrogen-bond donors (Lipinski definition) is 1. The first kappa shape index (κ1) is 13.9. The molecule has 6 heteroatoms. The Bertz CT molecular complexity index is 471. The van der Waals surface area contributed by atoms with Crippen LogP contribution in [0.15, 0.2) is 23.4 Å². The van der Waals surface area contributed by atoms with Gasteiger partial charge in [0.1, 0.15) is 0 Å². The smallest absolute Gasteiger partial charge is 0.262 e. The quantitative estimate of drug-likeness (QED) is 0.869. The second kappa shape index (κ2) is 5.46. The zero-order valence-corrected chi connectivity index (χ0v) is 11.5. The molecule has 17 heavy (non-hydrogen) atoms. The standard InChI is InChI=1S/C11H19N3O2S/c1-5-12-10-7-6-8-13-11(10)17(15,16)14(4)9(2)3/h6-9,12H,5H2,1-4H3. The predicted molar refractivity (Wildman–Crippen MR) is 68.5 cm³/mol. The van der Waals surface area contributed by atoms with E-state index in [0.717, 1.165) is 0 Å². The molecule has 0 aliphatic heterocycles. The summed E-state index contributed by atoms with van der Waals surface area (Å²) in [6, 6.07) is 3.33. The second-order valence-corrected chi connectivity index (χ2v) is 5.91. The maximum absolute atomic E-state index is 12.3. The first-order chi connectivity index (χ1) is 7.91. The van der Waals surface area contributed by atoms with Crippen molar-refractivity contribution in [3.05, 3.63) is 18.3 Å². The van der Waals surface area contributed by atoms with Crippen LogP contribution in [0, 0.1) is 0 Å². The van der Waals surface area contributed by atoms with E-state index in [1.54, 1.807) is 19.2 Å². The average molecular weight is 257 g/mol. The van der Waals surface area contributed by atoms with Gasteiger partial charge in [-0.15, -0.1) is 0 Å². The van der Waals surface area contributed by atoms with Crippen molar-refractivity contribution in [2.24, 2.45) is 0 Å². The molecular formula is C11H19N3O2S. The Labute approximate surface area is 103 Å². The number of pyridine rings is 1. The number of rotatable bonds is 5. The largest absolute Gasteiger partial charge is 0.383 e. The van der Waals surface area contributed by atoms with Gasteiger partial charge in [0.05, 0.1) is 5.69 Å². The van der Waals surface area contributed by atoms with Gasteiger partial charge in [0.15, 0.2) is 5.03 Å². The van der Waals surface area contributed by atoms with Crippen LogP contribution < -0.4 is 5.32 Å². The van der Waals surface area contributed by atoms with Crippen LogP contribution >= 0.6 is 0 Å². The Morgan fingerprint density at radius 1 is 1.47 bits per heavy atom. The van der Waals surface area contributed by atoms with Crippen molar-refractivity contribution >= 4 is 15.7 Å². The van der Waals surface area contributed by atoms with Crippen molar-refractivity contribution in [2.45, 2.75) is 31.8 Å². The molecule has 1 heterocycles. The van der Waals surface area contributed by atoms with Gasteiger partial charge in [-0.25, -0.2) is 13.4 Å². The van der Waals surface area contributed by atoms with E-state index in [9.17, 15) is 8.42 Å². The molecule has 0 spiro atoms. The van der Waals surface area contributed by atoms with Crippen LogP contribution in [0.1, 0.15) is 20.8 Å². The molecule has 0 aliphatic rings. The van der Waals surface area contributed by atoms with Crippen molar-refractivity contribution in [3.8, 4) is 0 Å². The lowest BCUT2D eigenvalue weighted by atomic mass is 10.4. The Balaban J connectivity index is 3.23. The molecule has 0 amide bonds. The lowest BCUT2D eigenvalue weighted by Crippen LogP contribution is -2.34. The van der Waals surface area contributed by atoms with E-state index in [1.165, 1.54) is 10.5 Å². The van der Waals surface area contributed by atoms with Crippen molar-refractivity contribution in [2.75, 3.05) is 18.9 Å². The van der Waals surface area contributed by atoms with Gasteiger partial charge in [0, 0.05) is 25.8 Å². The molecule has 0 saturated carbocycles. The summed E-state index contributed by atoms with van der Waals surface area (Å²) in [6.45, 7) is 6.22. The minimum Gasteiger partial charge on any atom is -0.383 e. The van der Waals surface area contributed by atoms with Crippen LogP contribution in [-0.4, -0.2) is 37.3 Å². The van der Waals surface area contributed by atoms with Gasteiger partial charge in [-0.1, -0.05) is 0 Å². The van der Waals surface area contributed by atoms with Gasteiger partial charge in [-0.05, 0) is 32.9 Å². The molecule has 0 saturated heterocycles. The Morgan fingerprint density at radius 2 is 2.12 bits per heavy atom. The van der Waals surface area contributed by atoms with Gasteiger partial charge in [-0.2, -0.15) is 4.31 Å². The number of nitrogens with zero attached hydrogens (tertiary/aromatic N) is 2. The maximum atomic E-state index is 12.3. The van der Waals surface area contributed by atoms with Crippen LogP contribution in [0.4, 0.5) is 5.69 Å². The Kier molecular flexibility index (Phi) is 4.47. The molecule has 0 atom stereocenters. The fraction of sp³-hybridized carbons (Fsp3) is 0.545. The fourth-order valence-corrected chi connectivity index (χ4v) is 2.78. The topological polar surface area (TPSA) is 62.3 Å². The number of anilines is 1. The number of nitrogens with one attached hydrogen (secondary N) is 1. The first-order valence-electron chi connectivity index (χ1n) is 5.58. The summed E-state index contributed by atoms with van der Waals surface area (Å²) in [5.41, 5.74) is 0.544. The molecule has 0 bridgehead atoms. The van der Waals surface area contributed by atoms with Gasteiger partial charge in [0.2, 0.25) is 0 Å². The van der Waals surface area contributed by atoms with Crippen molar-refractivity contribution in [1.29, 1.82) is 0 Å². The SMILES string of the molecule is CCNc1cccnc1S(=O)(=O)N(C)C(C)C. The summed E-state index contributed by atoms with van der Waals surface area (Å²) in [7, 11) is -1.97. The third kappa shape index (κ3) is 2.95. The van der Waals surface area contributed by atoms with Gasteiger partial charge in [0.25, 0.3) is 10.0 Å². The second-order valence-electron chi connectivity index (χ2n) is 4.00. The third-order valence-corrected chi connectivity index (χ3v) is 4.48. The molecule has 1 aromatic heterocycles. The average Bonchev–Trinajstić information content (AvgIpc) is 2.29. The summed E-state index contributed by atoms with van der Waals surface area (Å²) < 4.78 is 25.9. The van der Waals surface area contributed by atoms with E-state index in [4.69, 9.17) is 0 Å². The molecule has 0 aromatic carbocycles.